The van der Waals surface area contributed by atoms with Crippen molar-refractivity contribution in [3.63, 3.8) is 0 Å². The SMILES string of the molecule is Cc1cccc2c1C(OCC(F)(F)F)COC2=O. The van der Waals surface area contributed by atoms with Crippen LogP contribution in [0.25, 0.3) is 0 Å². The average molecular weight is 260 g/mol. The number of esters is 1. The summed E-state index contributed by atoms with van der Waals surface area (Å²) in [5.41, 5.74) is 1.47. The van der Waals surface area contributed by atoms with Crippen LogP contribution in [-0.2, 0) is 9.47 Å². The molecule has 3 nitrogen and oxygen atoms in total. The Morgan fingerprint density at radius 1 is 1.44 bits per heavy atom. The molecule has 0 radical (unpaired) electrons. The predicted octanol–water partition coefficient (Wildman–Crippen LogP) is 2.79. The van der Waals surface area contributed by atoms with Gasteiger partial charge in [0.2, 0.25) is 0 Å². The zero-order chi connectivity index (χ0) is 13.3. The second-order valence-corrected chi connectivity index (χ2v) is 4.05. The number of halogens is 3. The Labute approximate surface area is 102 Å². The summed E-state index contributed by atoms with van der Waals surface area (Å²) in [6.07, 6.45) is -5.26. The Morgan fingerprint density at radius 3 is 2.83 bits per heavy atom. The van der Waals surface area contributed by atoms with E-state index >= 15 is 0 Å². The summed E-state index contributed by atoms with van der Waals surface area (Å²) in [5.74, 6) is -0.527. The van der Waals surface area contributed by atoms with Gasteiger partial charge in [-0.1, -0.05) is 12.1 Å². The highest BCUT2D eigenvalue weighted by molar-refractivity contribution is 5.92. The van der Waals surface area contributed by atoms with Gasteiger partial charge >= 0.3 is 12.1 Å². The van der Waals surface area contributed by atoms with Crippen molar-refractivity contribution >= 4 is 5.97 Å². The minimum absolute atomic E-state index is 0.188. The number of benzene rings is 1. The number of hydrogen-bond donors (Lipinski definition) is 0. The van der Waals surface area contributed by atoms with E-state index in [0.29, 0.717) is 5.56 Å². The molecule has 1 aliphatic heterocycles. The summed E-state index contributed by atoms with van der Waals surface area (Å²) in [4.78, 5) is 11.5. The third-order valence-corrected chi connectivity index (χ3v) is 2.68. The summed E-state index contributed by atoms with van der Waals surface area (Å²) in [5, 5.41) is 0. The van der Waals surface area contributed by atoms with Crippen LogP contribution in [0.15, 0.2) is 18.2 Å². The van der Waals surface area contributed by atoms with Gasteiger partial charge in [-0.3, -0.25) is 0 Å². The minimum atomic E-state index is -4.40. The maximum atomic E-state index is 12.1. The minimum Gasteiger partial charge on any atom is -0.459 e. The molecule has 1 aliphatic rings. The molecule has 0 amide bonds. The van der Waals surface area contributed by atoms with Crippen molar-refractivity contribution in [3.05, 3.63) is 34.9 Å². The van der Waals surface area contributed by atoms with Crippen LogP contribution in [-0.4, -0.2) is 25.4 Å². The molecule has 0 aromatic heterocycles. The van der Waals surface area contributed by atoms with Crippen molar-refractivity contribution in [1.29, 1.82) is 0 Å². The standard InChI is InChI=1S/C12H11F3O3/c1-7-3-2-4-8-10(7)9(5-17-11(8)16)18-6-12(13,14)15/h2-4,9H,5-6H2,1H3. The zero-order valence-electron chi connectivity index (χ0n) is 9.58. The van der Waals surface area contributed by atoms with Crippen molar-refractivity contribution in [2.75, 3.05) is 13.2 Å². The van der Waals surface area contributed by atoms with E-state index < -0.39 is 24.9 Å². The maximum absolute atomic E-state index is 12.1. The smallest absolute Gasteiger partial charge is 0.411 e. The van der Waals surface area contributed by atoms with Gasteiger partial charge in [0.05, 0.1) is 5.56 Å². The lowest BCUT2D eigenvalue weighted by atomic mass is 9.95. The van der Waals surface area contributed by atoms with Gasteiger partial charge in [-0.2, -0.15) is 13.2 Å². The number of cyclic esters (lactones) is 1. The molecule has 6 heteroatoms. The van der Waals surface area contributed by atoms with E-state index in [0.717, 1.165) is 5.56 Å². The Bertz CT molecular complexity index is 468. The molecule has 18 heavy (non-hydrogen) atoms. The molecule has 0 bridgehead atoms. The lowest BCUT2D eigenvalue weighted by molar-refractivity contribution is -0.190. The first-order chi connectivity index (χ1) is 8.38. The normalized spacial score (nSPS) is 19.3. The van der Waals surface area contributed by atoms with E-state index in [9.17, 15) is 18.0 Å². The van der Waals surface area contributed by atoms with Crippen LogP contribution in [0.3, 0.4) is 0 Å². The Morgan fingerprint density at radius 2 is 2.17 bits per heavy atom. The Hall–Kier alpha value is -1.56. The van der Waals surface area contributed by atoms with E-state index in [2.05, 4.69) is 0 Å². The monoisotopic (exact) mass is 260 g/mol. The number of hydrogen-bond acceptors (Lipinski definition) is 3. The quantitative estimate of drug-likeness (QED) is 0.767. The first kappa shape index (κ1) is 12.9. The molecule has 98 valence electrons. The number of carbonyl (C=O) groups excluding carboxylic acids is 1. The molecule has 1 atom stereocenters. The molecule has 0 saturated heterocycles. The molecule has 0 saturated carbocycles. The first-order valence-corrected chi connectivity index (χ1v) is 5.33. The summed E-state index contributed by atoms with van der Waals surface area (Å²) in [7, 11) is 0. The summed E-state index contributed by atoms with van der Waals surface area (Å²) < 4.78 is 46.0. The Kier molecular flexibility index (Phi) is 3.30. The third-order valence-electron chi connectivity index (χ3n) is 2.68. The van der Waals surface area contributed by atoms with Crippen LogP contribution in [0.5, 0.6) is 0 Å². The van der Waals surface area contributed by atoms with Gasteiger partial charge in [-0.05, 0) is 18.6 Å². The fourth-order valence-corrected chi connectivity index (χ4v) is 1.93. The second kappa shape index (κ2) is 4.61. The van der Waals surface area contributed by atoms with Gasteiger partial charge in [0.1, 0.15) is 19.3 Å². The van der Waals surface area contributed by atoms with E-state index in [4.69, 9.17) is 9.47 Å². The van der Waals surface area contributed by atoms with Crippen molar-refractivity contribution in [1.82, 2.24) is 0 Å². The number of ether oxygens (including phenoxy) is 2. The van der Waals surface area contributed by atoms with Gasteiger partial charge in [0.25, 0.3) is 0 Å². The summed E-state index contributed by atoms with van der Waals surface area (Å²) in [6.45, 7) is 0.178. The third kappa shape index (κ3) is 2.64. The number of aryl methyl sites for hydroxylation is 1. The van der Waals surface area contributed by atoms with Crippen molar-refractivity contribution in [3.8, 4) is 0 Å². The molecule has 1 aromatic rings. The first-order valence-electron chi connectivity index (χ1n) is 5.33. The zero-order valence-corrected chi connectivity index (χ0v) is 9.58. The van der Waals surface area contributed by atoms with Gasteiger partial charge in [0, 0.05) is 5.56 Å². The van der Waals surface area contributed by atoms with Gasteiger partial charge in [-0.25, -0.2) is 4.79 Å². The molecule has 2 rings (SSSR count). The Balaban J connectivity index is 2.26. The van der Waals surface area contributed by atoms with Gasteiger partial charge in [0.15, 0.2) is 0 Å². The summed E-state index contributed by atoms with van der Waals surface area (Å²) in [6, 6.07) is 4.90. The van der Waals surface area contributed by atoms with E-state index in [1.54, 1.807) is 19.1 Å². The number of fused-ring (bicyclic) bond motifs is 1. The highest BCUT2D eigenvalue weighted by Gasteiger charge is 2.34. The molecule has 0 fully saturated rings. The highest BCUT2D eigenvalue weighted by Crippen LogP contribution is 2.31. The van der Waals surface area contributed by atoms with Gasteiger partial charge in [-0.15, -0.1) is 0 Å². The average Bonchev–Trinajstić information content (AvgIpc) is 2.28. The van der Waals surface area contributed by atoms with Crippen molar-refractivity contribution < 1.29 is 27.4 Å². The van der Waals surface area contributed by atoms with Crippen molar-refractivity contribution in [2.24, 2.45) is 0 Å². The maximum Gasteiger partial charge on any atom is 0.411 e. The second-order valence-electron chi connectivity index (χ2n) is 4.05. The van der Waals surface area contributed by atoms with Gasteiger partial charge < -0.3 is 9.47 Å². The van der Waals surface area contributed by atoms with Crippen LogP contribution >= 0.6 is 0 Å². The van der Waals surface area contributed by atoms with Crippen LogP contribution in [0.1, 0.15) is 27.6 Å². The van der Waals surface area contributed by atoms with Crippen LogP contribution < -0.4 is 0 Å². The lowest BCUT2D eigenvalue weighted by Crippen LogP contribution is -2.28. The molecule has 0 spiro atoms. The van der Waals surface area contributed by atoms with Crippen LogP contribution in [0.2, 0.25) is 0 Å². The molecule has 1 unspecified atom stereocenters. The summed E-state index contributed by atoms with van der Waals surface area (Å²) >= 11 is 0. The molecular weight excluding hydrogens is 249 g/mol. The molecule has 0 N–H and O–H groups in total. The van der Waals surface area contributed by atoms with Crippen LogP contribution in [0, 0.1) is 6.92 Å². The number of rotatable bonds is 2. The highest BCUT2D eigenvalue weighted by atomic mass is 19.4. The van der Waals surface area contributed by atoms with Crippen LogP contribution in [0.4, 0.5) is 13.2 Å². The van der Waals surface area contributed by atoms with E-state index in [1.165, 1.54) is 6.07 Å². The number of alkyl halides is 3. The van der Waals surface area contributed by atoms with E-state index in [-0.39, 0.29) is 12.2 Å². The number of carbonyl (C=O) groups is 1. The molecule has 1 aromatic carbocycles. The molecular formula is C12H11F3O3. The molecule has 1 heterocycles. The molecule has 0 aliphatic carbocycles. The van der Waals surface area contributed by atoms with E-state index in [1.807, 2.05) is 0 Å². The fraction of sp³-hybridized carbons (Fsp3) is 0.417. The topological polar surface area (TPSA) is 35.5 Å². The largest absolute Gasteiger partial charge is 0.459 e. The fourth-order valence-electron chi connectivity index (χ4n) is 1.93. The van der Waals surface area contributed by atoms with Crippen molar-refractivity contribution in [2.45, 2.75) is 19.2 Å². The lowest BCUT2D eigenvalue weighted by Gasteiger charge is -2.27. The predicted molar refractivity (Wildman–Crippen MR) is 56.2 cm³/mol.